The van der Waals surface area contributed by atoms with Crippen molar-refractivity contribution in [2.75, 3.05) is 32.6 Å². The van der Waals surface area contributed by atoms with Crippen molar-refractivity contribution in [3.63, 3.8) is 0 Å². The average molecular weight is 357 g/mol. The molecule has 8 nitrogen and oxygen atoms in total. The topological polar surface area (TPSA) is 101 Å². The molecule has 0 radical (unpaired) electrons. The third-order valence-corrected chi connectivity index (χ3v) is 3.70. The van der Waals surface area contributed by atoms with Gasteiger partial charge < -0.3 is 20.7 Å². The largest absolute Gasteiger partial charge is 0.496 e. The van der Waals surface area contributed by atoms with Crippen molar-refractivity contribution in [1.29, 1.82) is 0 Å². The maximum absolute atomic E-state index is 11.0. The molecule has 2 aromatic rings. The van der Waals surface area contributed by atoms with Crippen LogP contribution in [0.1, 0.15) is 5.56 Å². The highest BCUT2D eigenvalue weighted by Crippen LogP contribution is 2.22. The number of hydrogen-bond acceptors (Lipinski definition) is 5. The van der Waals surface area contributed by atoms with Gasteiger partial charge in [0.05, 0.1) is 12.0 Å². The number of para-hydroxylation sites is 3. The van der Waals surface area contributed by atoms with Gasteiger partial charge in [0, 0.05) is 38.3 Å². The predicted octanol–water partition coefficient (Wildman–Crippen LogP) is 2.38. The number of benzene rings is 2. The molecule has 3 N–H and O–H groups in total. The Labute approximate surface area is 152 Å². The molecule has 0 amide bonds. The van der Waals surface area contributed by atoms with Gasteiger partial charge in [-0.3, -0.25) is 15.1 Å². The van der Waals surface area contributed by atoms with E-state index in [4.69, 9.17) is 4.74 Å². The first-order chi connectivity index (χ1) is 12.7. The Balaban J connectivity index is 1.80. The van der Waals surface area contributed by atoms with Gasteiger partial charge in [-0.25, -0.2) is 0 Å². The van der Waals surface area contributed by atoms with Crippen LogP contribution in [0.25, 0.3) is 0 Å². The number of rotatable bonds is 8. The van der Waals surface area contributed by atoms with Crippen molar-refractivity contribution in [3.8, 4) is 5.75 Å². The fourth-order valence-corrected chi connectivity index (χ4v) is 2.41. The van der Waals surface area contributed by atoms with Crippen molar-refractivity contribution >= 4 is 17.3 Å². The standard InChI is InChI=1S/C18H23N5O3/c1-19-18(22-13-14-7-3-6-10-17(14)26-2)21-12-11-20-15-8-4-5-9-16(15)23(24)25/h3-10,20H,11-13H2,1-2H3,(H2,19,21,22). The SMILES string of the molecule is CN=C(NCCNc1ccccc1[N+](=O)[O-])NCc1ccccc1OC. The zero-order valence-electron chi connectivity index (χ0n) is 14.9. The maximum Gasteiger partial charge on any atom is 0.292 e. The summed E-state index contributed by atoms with van der Waals surface area (Å²) in [7, 11) is 3.33. The zero-order valence-corrected chi connectivity index (χ0v) is 14.9. The van der Waals surface area contributed by atoms with Gasteiger partial charge >= 0.3 is 0 Å². The molecule has 138 valence electrons. The lowest BCUT2D eigenvalue weighted by Crippen LogP contribution is -2.39. The molecule has 0 spiro atoms. The van der Waals surface area contributed by atoms with E-state index in [1.54, 1.807) is 32.4 Å². The molecular formula is C18H23N5O3. The van der Waals surface area contributed by atoms with Crippen LogP contribution in [0.15, 0.2) is 53.5 Å². The van der Waals surface area contributed by atoms with Crippen molar-refractivity contribution in [1.82, 2.24) is 10.6 Å². The quantitative estimate of drug-likeness (QED) is 0.220. The Kier molecular flexibility index (Phi) is 7.23. The fraction of sp³-hybridized carbons (Fsp3) is 0.278. The molecule has 0 unspecified atom stereocenters. The lowest BCUT2D eigenvalue weighted by Gasteiger charge is -2.14. The maximum atomic E-state index is 11.0. The number of methoxy groups -OCH3 is 1. The number of anilines is 1. The van der Waals surface area contributed by atoms with Crippen LogP contribution in [0.5, 0.6) is 5.75 Å². The number of nitrogens with one attached hydrogen (secondary N) is 3. The minimum Gasteiger partial charge on any atom is -0.496 e. The number of nitrogens with zero attached hydrogens (tertiary/aromatic N) is 2. The first-order valence-electron chi connectivity index (χ1n) is 8.19. The highest BCUT2D eigenvalue weighted by atomic mass is 16.6. The Morgan fingerprint density at radius 2 is 1.85 bits per heavy atom. The summed E-state index contributed by atoms with van der Waals surface area (Å²) in [5.74, 6) is 1.45. The van der Waals surface area contributed by atoms with E-state index in [1.165, 1.54) is 6.07 Å². The molecule has 8 heteroatoms. The number of guanidine groups is 1. The lowest BCUT2D eigenvalue weighted by molar-refractivity contribution is -0.384. The van der Waals surface area contributed by atoms with Crippen LogP contribution in [0, 0.1) is 10.1 Å². The van der Waals surface area contributed by atoms with Crippen LogP contribution in [0.4, 0.5) is 11.4 Å². The van der Waals surface area contributed by atoms with Crippen LogP contribution in [0.3, 0.4) is 0 Å². The smallest absolute Gasteiger partial charge is 0.292 e. The molecule has 0 aliphatic rings. The van der Waals surface area contributed by atoms with Gasteiger partial charge in [-0.1, -0.05) is 30.3 Å². The monoisotopic (exact) mass is 357 g/mol. The fourth-order valence-electron chi connectivity index (χ4n) is 2.41. The molecule has 0 aromatic heterocycles. The van der Waals surface area contributed by atoms with Gasteiger partial charge in [0.15, 0.2) is 5.96 Å². The molecule has 0 bridgehead atoms. The van der Waals surface area contributed by atoms with E-state index >= 15 is 0 Å². The Morgan fingerprint density at radius 1 is 1.12 bits per heavy atom. The molecule has 0 atom stereocenters. The minimum absolute atomic E-state index is 0.0613. The lowest BCUT2D eigenvalue weighted by atomic mass is 10.2. The predicted molar refractivity (Wildman–Crippen MR) is 103 cm³/mol. The molecule has 0 saturated carbocycles. The van der Waals surface area contributed by atoms with Gasteiger partial charge in [0.2, 0.25) is 0 Å². The normalized spacial score (nSPS) is 10.9. The summed E-state index contributed by atoms with van der Waals surface area (Å²) >= 11 is 0. The van der Waals surface area contributed by atoms with Crippen molar-refractivity contribution in [2.24, 2.45) is 4.99 Å². The Bertz CT molecular complexity index is 764. The van der Waals surface area contributed by atoms with E-state index in [9.17, 15) is 10.1 Å². The summed E-state index contributed by atoms with van der Waals surface area (Å²) in [5.41, 5.74) is 1.58. The minimum atomic E-state index is -0.399. The van der Waals surface area contributed by atoms with E-state index < -0.39 is 4.92 Å². The van der Waals surface area contributed by atoms with Crippen LogP contribution in [-0.4, -0.2) is 38.1 Å². The number of nitro benzene ring substituents is 1. The van der Waals surface area contributed by atoms with E-state index in [0.29, 0.717) is 31.3 Å². The zero-order chi connectivity index (χ0) is 18.8. The second kappa shape index (κ2) is 9.87. The summed E-state index contributed by atoms with van der Waals surface area (Å²) in [6, 6.07) is 14.3. The molecule has 0 aliphatic heterocycles. The van der Waals surface area contributed by atoms with Crippen LogP contribution in [-0.2, 0) is 6.54 Å². The molecule has 0 fully saturated rings. The van der Waals surface area contributed by atoms with Crippen molar-refractivity contribution in [3.05, 3.63) is 64.2 Å². The Morgan fingerprint density at radius 3 is 2.58 bits per heavy atom. The van der Waals surface area contributed by atoms with Gasteiger partial charge in [-0.2, -0.15) is 0 Å². The third kappa shape index (κ3) is 5.37. The number of hydrogen-bond donors (Lipinski definition) is 3. The summed E-state index contributed by atoms with van der Waals surface area (Å²) in [5, 5.41) is 20.4. The van der Waals surface area contributed by atoms with E-state index in [-0.39, 0.29) is 5.69 Å². The number of ether oxygens (including phenoxy) is 1. The third-order valence-electron chi connectivity index (χ3n) is 3.70. The average Bonchev–Trinajstić information content (AvgIpc) is 2.67. The van der Waals surface area contributed by atoms with E-state index in [2.05, 4.69) is 20.9 Å². The summed E-state index contributed by atoms with van der Waals surface area (Å²) in [6.45, 7) is 1.64. The van der Waals surface area contributed by atoms with Gasteiger partial charge in [0.25, 0.3) is 5.69 Å². The van der Waals surface area contributed by atoms with Gasteiger partial charge in [-0.05, 0) is 12.1 Å². The first kappa shape index (κ1) is 19.0. The second-order valence-corrected chi connectivity index (χ2v) is 5.37. The first-order valence-corrected chi connectivity index (χ1v) is 8.19. The Hall–Kier alpha value is -3.29. The molecule has 2 aromatic carbocycles. The van der Waals surface area contributed by atoms with Crippen molar-refractivity contribution < 1.29 is 9.66 Å². The highest BCUT2D eigenvalue weighted by molar-refractivity contribution is 5.79. The van der Waals surface area contributed by atoms with Gasteiger partial charge in [-0.15, -0.1) is 0 Å². The van der Waals surface area contributed by atoms with E-state index in [0.717, 1.165) is 11.3 Å². The highest BCUT2D eigenvalue weighted by Gasteiger charge is 2.11. The van der Waals surface area contributed by atoms with Crippen LogP contribution >= 0.6 is 0 Å². The number of nitro groups is 1. The molecule has 0 saturated heterocycles. The molecular weight excluding hydrogens is 334 g/mol. The second-order valence-electron chi connectivity index (χ2n) is 5.37. The summed E-state index contributed by atoms with van der Waals surface area (Å²) < 4.78 is 5.32. The number of aliphatic imine (C=N–C) groups is 1. The van der Waals surface area contributed by atoms with Crippen LogP contribution in [0.2, 0.25) is 0 Å². The molecule has 0 aliphatic carbocycles. The van der Waals surface area contributed by atoms with E-state index in [1.807, 2.05) is 24.3 Å². The van der Waals surface area contributed by atoms with Crippen LogP contribution < -0.4 is 20.7 Å². The van der Waals surface area contributed by atoms with Crippen molar-refractivity contribution in [2.45, 2.75) is 6.54 Å². The van der Waals surface area contributed by atoms with Gasteiger partial charge in [0.1, 0.15) is 11.4 Å². The molecule has 26 heavy (non-hydrogen) atoms. The summed E-state index contributed by atoms with van der Waals surface area (Å²) in [6.07, 6.45) is 0. The summed E-state index contributed by atoms with van der Waals surface area (Å²) in [4.78, 5) is 14.8. The molecule has 0 heterocycles. The molecule has 2 rings (SSSR count).